The van der Waals surface area contributed by atoms with Gasteiger partial charge < -0.3 is 5.32 Å². The number of rotatable bonds is 6. The smallest absolute Gasteiger partial charge is 0.222 e. The van der Waals surface area contributed by atoms with Crippen LogP contribution in [-0.2, 0) is 17.9 Å². The number of carbonyl (C=O) groups is 1. The molecule has 1 N–H and O–H groups in total. The molecule has 7 nitrogen and oxygen atoms in total. The van der Waals surface area contributed by atoms with Crippen LogP contribution >= 0.6 is 0 Å². The van der Waals surface area contributed by atoms with Gasteiger partial charge in [-0.1, -0.05) is 17.2 Å². The minimum absolute atomic E-state index is 0.0610. The van der Waals surface area contributed by atoms with Crippen LogP contribution in [0.3, 0.4) is 0 Å². The summed E-state index contributed by atoms with van der Waals surface area (Å²) in [5, 5.41) is 7.28. The fourth-order valence-electron chi connectivity index (χ4n) is 2.55. The summed E-state index contributed by atoms with van der Waals surface area (Å²) in [6, 6.07) is 6.22. The van der Waals surface area contributed by atoms with Gasteiger partial charge in [0, 0.05) is 24.4 Å². The third kappa shape index (κ3) is 4.69. The van der Waals surface area contributed by atoms with Gasteiger partial charge in [0.25, 0.3) is 0 Å². The molecule has 7 heteroatoms. The van der Waals surface area contributed by atoms with Crippen molar-refractivity contribution in [2.75, 3.05) is 0 Å². The third-order valence-electron chi connectivity index (χ3n) is 3.67. The molecule has 1 aromatic carbocycles. The molecule has 0 aliphatic rings. The highest BCUT2D eigenvalue weighted by Gasteiger charge is 2.07. The van der Waals surface area contributed by atoms with Gasteiger partial charge in [-0.2, -0.15) is 5.10 Å². The summed E-state index contributed by atoms with van der Waals surface area (Å²) < 4.78 is 1.69. The Morgan fingerprint density at radius 1 is 1.12 bits per heavy atom. The van der Waals surface area contributed by atoms with Crippen molar-refractivity contribution < 1.29 is 4.79 Å². The highest BCUT2D eigenvalue weighted by Crippen LogP contribution is 2.18. The maximum atomic E-state index is 11.9. The Hall–Kier alpha value is -3.09. The normalized spacial score (nSPS) is 10.6. The molecule has 0 fully saturated rings. The van der Waals surface area contributed by atoms with E-state index in [1.165, 1.54) is 11.1 Å². The number of nitrogens with one attached hydrogen (secondary N) is 1. The molecular weight excluding hydrogens is 316 g/mol. The molecule has 0 radical (unpaired) electrons. The fourth-order valence-corrected chi connectivity index (χ4v) is 2.55. The number of benzene rings is 1. The zero-order chi connectivity index (χ0) is 17.6. The highest BCUT2D eigenvalue weighted by atomic mass is 16.1. The molecule has 0 saturated heterocycles. The molecule has 2 aromatic heterocycles. The van der Waals surface area contributed by atoms with Crippen LogP contribution in [0.1, 0.15) is 23.2 Å². The van der Waals surface area contributed by atoms with Gasteiger partial charge in [-0.15, -0.1) is 0 Å². The number of hydrogen-bond acceptors (Lipinski definition) is 5. The molecule has 0 bridgehead atoms. The first-order chi connectivity index (χ1) is 12.1. The summed E-state index contributed by atoms with van der Waals surface area (Å²) in [5.41, 5.74) is 4.07. The molecular formula is C18H20N6O. The van der Waals surface area contributed by atoms with Gasteiger partial charge in [0.1, 0.15) is 6.33 Å². The molecule has 0 spiro atoms. The van der Waals surface area contributed by atoms with Crippen LogP contribution < -0.4 is 5.32 Å². The standard InChI is InChI=1S/C18H20N6O/c1-13-7-14(2)9-15(8-13)18-22-12-24(23-18)6-3-17(25)21-11-16-10-19-4-5-20-16/h4-5,7-10,12H,3,6,11H2,1-2H3,(H,21,25). The molecule has 1 amide bonds. The number of nitrogens with zero attached hydrogens (tertiary/aromatic N) is 5. The second kappa shape index (κ2) is 7.65. The van der Waals surface area contributed by atoms with E-state index in [-0.39, 0.29) is 5.91 Å². The quantitative estimate of drug-likeness (QED) is 0.745. The lowest BCUT2D eigenvalue weighted by Gasteiger charge is -2.04. The van der Waals surface area contributed by atoms with E-state index in [0.29, 0.717) is 25.3 Å². The maximum Gasteiger partial charge on any atom is 0.222 e. The van der Waals surface area contributed by atoms with Crippen molar-refractivity contribution >= 4 is 5.91 Å². The average Bonchev–Trinajstić information content (AvgIpc) is 3.07. The lowest BCUT2D eigenvalue weighted by molar-refractivity contribution is -0.121. The Bertz CT molecular complexity index is 839. The number of hydrogen-bond donors (Lipinski definition) is 1. The number of amides is 1. The average molecular weight is 336 g/mol. The van der Waals surface area contributed by atoms with Crippen LogP contribution in [0.2, 0.25) is 0 Å². The Kier molecular flexibility index (Phi) is 5.13. The Balaban J connectivity index is 1.54. The minimum Gasteiger partial charge on any atom is -0.350 e. The predicted molar refractivity (Wildman–Crippen MR) is 93.4 cm³/mol. The second-order valence-corrected chi connectivity index (χ2v) is 5.93. The van der Waals surface area contributed by atoms with Gasteiger partial charge in [0.2, 0.25) is 5.91 Å². The highest BCUT2D eigenvalue weighted by molar-refractivity contribution is 5.75. The van der Waals surface area contributed by atoms with Gasteiger partial charge in [-0.3, -0.25) is 19.4 Å². The first-order valence-electron chi connectivity index (χ1n) is 8.10. The molecule has 0 saturated carbocycles. The number of carbonyl (C=O) groups excluding carboxylic acids is 1. The monoisotopic (exact) mass is 336 g/mol. The van der Waals surface area contributed by atoms with E-state index in [9.17, 15) is 4.79 Å². The van der Waals surface area contributed by atoms with E-state index >= 15 is 0 Å². The van der Waals surface area contributed by atoms with Crippen LogP contribution in [0.15, 0.2) is 43.1 Å². The van der Waals surface area contributed by atoms with E-state index in [1.54, 1.807) is 29.6 Å². The summed E-state index contributed by atoms with van der Waals surface area (Å²) >= 11 is 0. The molecule has 128 valence electrons. The minimum atomic E-state index is -0.0610. The third-order valence-corrected chi connectivity index (χ3v) is 3.67. The Labute approximate surface area is 146 Å². The van der Waals surface area contributed by atoms with E-state index in [1.807, 2.05) is 0 Å². The zero-order valence-electron chi connectivity index (χ0n) is 14.3. The van der Waals surface area contributed by atoms with Crippen molar-refractivity contribution in [1.29, 1.82) is 0 Å². The van der Waals surface area contributed by atoms with Crippen LogP contribution in [-0.4, -0.2) is 30.6 Å². The topological polar surface area (TPSA) is 85.6 Å². The van der Waals surface area contributed by atoms with Crippen LogP contribution in [0.5, 0.6) is 0 Å². The van der Waals surface area contributed by atoms with Gasteiger partial charge >= 0.3 is 0 Å². The summed E-state index contributed by atoms with van der Waals surface area (Å²) in [5.74, 6) is 0.612. The molecule has 0 aliphatic carbocycles. The van der Waals surface area contributed by atoms with Gasteiger partial charge in [0.05, 0.1) is 25.0 Å². The largest absolute Gasteiger partial charge is 0.350 e. The van der Waals surface area contributed by atoms with Crippen molar-refractivity contribution in [1.82, 2.24) is 30.0 Å². The summed E-state index contributed by atoms with van der Waals surface area (Å²) in [6.45, 7) is 4.95. The van der Waals surface area contributed by atoms with Crippen LogP contribution in [0.25, 0.3) is 11.4 Å². The van der Waals surface area contributed by atoms with E-state index < -0.39 is 0 Å². The Morgan fingerprint density at radius 2 is 1.92 bits per heavy atom. The first-order valence-corrected chi connectivity index (χ1v) is 8.10. The van der Waals surface area contributed by atoms with Gasteiger partial charge in [-0.25, -0.2) is 4.98 Å². The fraction of sp³-hybridized carbons (Fsp3) is 0.278. The molecule has 0 aliphatic heterocycles. The molecule has 2 heterocycles. The maximum absolute atomic E-state index is 11.9. The van der Waals surface area contributed by atoms with Crippen LogP contribution in [0, 0.1) is 13.8 Å². The molecule has 0 unspecified atom stereocenters. The summed E-state index contributed by atoms with van der Waals surface area (Å²) in [6.07, 6.45) is 6.82. The van der Waals surface area contributed by atoms with Crippen molar-refractivity contribution in [3.63, 3.8) is 0 Å². The van der Waals surface area contributed by atoms with E-state index in [4.69, 9.17) is 0 Å². The SMILES string of the molecule is Cc1cc(C)cc(-c2ncn(CCC(=O)NCc3cnccn3)n2)c1. The first kappa shape index (κ1) is 16.8. The van der Waals surface area contributed by atoms with Crippen molar-refractivity contribution in [3.05, 3.63) is 59.9 Å². The lowest BCUT2D eigenvalue weighted by Crippen LogP contribution is -2.24. The van der Waals surface area contributed by atoms with Gasteiger partial charge in [0.15, 0.2) is 5.82 Å². The number of aromatic nitrogens is 5. The summed E-state index contributed by atoms with van der Waals surface area (Å²) in [7, 11) is 0. The number of aryl methyl sites for hydroxylation is 3. The Morgan fingerprint density at radius 3 is 2.64 bits per heavy atom. The molecule has 0 atom stereocenters. The van der Waals surface area contributed by atoms with Crippen molar-refractivity contribution in [2.24, 2.45) is 0 Å². The molecule has 3 rings (SSSR count). The van der Waals surface area contributed by atoms with E-state index in [2.05, 4.69) is 57.4 Å². The second-order valence-electron chi connectivity index (χ2n) is 5.93. The molecule has 3 aromatic rings. The zero-order valence-corrected chi connectivity index (χ0v) is 14.3. The predicted octanol–water partition coefficient (Wildman–Crippen LogP) is 2.06. The lowest BCUT2D eigenvalue weighted by atomic mass is 10.1. The van der Waals surface area contributed by atoms with Crippen LogP contribution in [0.4, 0.5) is 0 Å². The summed E-state index contributed by atoms with van der Waals surface area (Å²) in [4.78, 5) is 24.4. The van der Waals surface area contributed by atoms with Gasteiger partial charge in [-0.05, 0) is 26.0 Å². The van der Waals surface area contributed by atoms with Crippen molar-refractivity contribution in [3.8, 4) is 11.4 Å². The van der Waals surface area contributed by atoms with E-state index in [0.717, 1.165) is 11.3 Å². The van der Waals surface area contributed by atoms with Crippen molar-refractivity contribution in [2.45, 2.75) is 33.4 Å². The molecule has 25 heavy (non-hydrogen) atoms.